The number of para-hydroxylation sites is 2. The van der Waals surface area contributed by atoms with Crippen LogP contribution in [0.25, 0.3) is 22.4 Å². The fraction of sp³-hybridized carbons (Fsp3) is 0.289. The second kappa shape index (κ2) is 19.9. The maximum absolute atomic E-state index is 14.3. The summed E-state index contributed by atoms with van der Waals surface area (Å²) in [5, 5.41) is 16.6. The molecule has 0 radical (unpaired) electrons. The lowest BCUT2D eigenvalue weighted by Crippen LogP contribution is -2.31. The Morgan fingerprint density at radius 2 is 1.55 bits per heavy atom. The van der Waals surface area contributed by atoms with Crippen LogP contribution in [-0.4, -0.2) is 40.3 Å². The number of unbranched alkanes of at least 4 members (excludes halogenated alkanes) is 1. The maximum Gasteiger partial charge on any atom is 0.258 e. The van der Waals surface area contributed by atoms with Gasteiger partial charge < -0.3 is 24.5 Å². The third-order valence-electron chi connectivity index (χ3n) is 9.18. The molecule has 5 rings (SSSR count). The molecule has 2 amide bonds. The summed E-state index contributed by atoms with van der Waals surface area (Å²) in [5.74, 6) is -0.230. The first-order valence-corrected chi connectivity index (χ1v) is 19.5. The SMILES string of the molecule is C=C(NC(=O)CC(O)CCCCn1c(-c2ccc(F)cc2)c(-c2ccccc2)c(C(=O)Nc2ccccc2)c1C(C)C)OC(CC)COc1ccccc1Br. The maximum atomic E-state index is 14.3. The van der Waals surface area contributed by atoms with Crippen LogP contribution in [0.15, 0.2) is 126 Å². The zero-order valence-electron chi connectivity index (χ0n) is 31.6. The fourth-order valence-corrected chi connectivity index (χ4v) is 6.99. The number of aliphatic hydroxyl groups excluding tert-OH is 1. The molecule has 288 valence electrons. The Balaban J connectivity index is 1.28. The number of nitrogens with zero attached hydrogens (tertiary/aromatic N) is 1. The van der Waals surface area contributed by atoms with Gasteiger partial charge in [0.1, 0.15) is 24.3 Å². The Bertz CT molecular complexity index is 2030. The summed E-state index contributed by atoms with van der Waals surface area (Å²) in [6.07, 6.45) is 0.956. The lowest BCUT2D eigenvalue weighted by Gasteiger charge is -2.20. The Labute approximate surface area is 331 Å². The second-order valence-corrected chi connectivity index (χ2v) is 14.6. The number of carbonyl (C=O) groups is 2. The highest BCUT2D eigenvalue weighted by Gasteiger charge is 2.30. The van der Waals surface area contributed by atoms with E-state index in [-0.39, 0.29) is 42.7 Å². The highest BCUT2D eigenvalue weighted by Crippen LogP contribution is 2.42. The molecule has 0 saturated carbocycles. The molecule has 3 N–H and O–H groups in total. The number of carbonyl (C=O) groups excluding carboxylic acids is 2. The van der Waals surface area contributed by atoms with Crippen molar-refractivity contribution in [2.75, 3.05) is 11.9 Å². The fourth-order valence-electron chi connectivity index (χ4n) is 6.59. The number of hydrogen-bond acceptors (Lipinski definition) is 5. The normalized spacial score (nSPS) is 12.2. The van der Waals surface area contributed by atoms with Gasteiger partial charge in [0.05, 0.1) is 28.3 Å². The summed E-state index contributed by atoms with van der Waals surface area (Å²) in [7, 11) is 0. The molecule has 2 unspecified atom stereocenters. The van der Waals surface area contributed by atoms with Gasteiger partial charge in [-0.2, -0.15) is 0 Å². The van der Waals surface area contributed by atoms with E-state index in [1.807, 2.05) is 91.9 Å². The summed E-state index contributed by atoms with van der Waals surface area (Å²) >= 11 is 3.47. The molecule has 0 saturated heterocycles. The molecule has 8 nitrogen and oxygen atoms in total. The van der Waals surface area contributed by atoms with Gasteiger partial charge in [0.25, 0.3) is 5.91 Å². The standard InChI is InChI=1S/C45H49BrFN3O5/c1-5-37(29-54-39-22-13-12-21-38(39)46)55-31(4)48-40(52)28-36(51)20-14-15-27-50-43(30(2)3)42(45(53)49-35-18-10-7-11-19-35)41(32-16-8-6-9-17-32)44(50)33-23-25-34(47)26-24-33/h6-13,16-19,21-26,30,36-37,51H,4-5,14-15,20,27-29H2,1-3H3,(H,48,52)(H,49,53). The Hall–Kier alpha value is -5.19. The molecule has 1 heterocycles. The first-order valence-electron chi connectivity index (χ1n) is 18.7. The summed E-state index contributed by atoms with van der Waals surface area (Å²) in [4.78, 5) is 27.1. The van der Waals surface area contributed by atoms with E-state index in [0.717, 1.165) is 32.6 Å². The Morgan fingerprint density at radius 3 is 2.20 bits per heavy atom. The molecule has 0 aliphatic rings. The van der Waals surface area contributed by atoms with E-state index < -0.39 is 12.0 Å². The van der Waals surface area contributed by atoms with Gasteiger partial charge in [0.2, 0.25) is 5.91 Å². The largest absolute Gasteiger partial charge is 0.489 e. The van der Waals surface area contributed by atoms with Gasteiger partial charge in [-0.25, -0.2) is 4.39 Å². The van der Waals surface area contributed by atoms with E-state index >= 15 is 0 Å². The third-order valence-corrected chi connectivity index (χ3v) is 9.84. The average Bonchev–Trinajstić information content (AvgIpc) is 3.52. The smallest absolute Gasteiger partial charge is 0.258 e. The number of hydrogen-bond donors (Lipinski definition) is 3. The van der Waals surface area contributed by atoms with Crippen molar-refractivity contribution in [2.45, 2.75) is 77.5 Å². The van der Waals surface area contributed by atoms with Crippen LogP contribution in [0.2, 0.25) is 0 Å². The van der Waals surface area contributed by atoms with Crippen molar-refractivity contribution in [3.05, 3.63) is 143 Å². The van der Waals surface area contributed by atoms with Crippen LogP contribution < -0.4 is 15.4 Å². The van der Waals surface area contributed by atoms with Gasteiger partial charge in [-0.15, -0.1) is 0 Å². The average molecular weight is 811 g/mol. The highest BCUT2D eigenvalue weighted by molar-refractivity contribution is 9.10. The number of anilines is 1. The van der Waals surface area contributed by atoms with Crippen LogP contribution in [0.4, 0.5) is 10.1 Å². The molecule has 0 spiro atoms. The van der Waals surface area contributed by atoms with Crippen LogP contribution in [0.1, 0.15) is 74.8 Å². The molecule has 0 bridgehead atoms. The van der Waals surface area contributed by atoms with Gasteiger partial charge in [-0.05, 0) is 114 Å². The van der Waals surface area contributed by atoms with E-state index in [2.05, 4.69) is 51.6 Å². The number of amides is 2. The van der Waals surface area contributed by atoms with Gasteiger partial charge in [0, 0.05) is 23.5 Å². The van der Waals surface area contributed by atoms with Gasteiger partial charge in [-0.1, -0.05) is 81.4 Å². The van der Waals surface area contributed by atoms with E-state index in [4.69, 9.17) is 9.47 Å². The topological polar surface area (TPSA) is 102 Å². The molecular weight excluding hydrogens is 761 g/mol. The molecule has 0 aliphatic heterocycles. The third kappa shape index (κ3) is 11.2. The molecule has 10 heteroatoms. The molecule has 0 fully saturated rings. The van der Waals surface area contributed by atoms with Crippen molar-refractivity contribution in [3.63, 3.8) is 0 Å². The van der Waals surface area contributed by atoms with Crippen molar-refractivity contribution in [1.29, 1.82) is 0 Å². The molecular formula is C45H49BrFN3O5. The quantitative estimate of drug-likeness (QED) is 0.0570. The molecule has 0 aliphatic carbocycles. The number of halogens is 2. The zero-order valence-corrected chi connectivity index (χ0v) is 33.2. The van der Waals surface area contributed by atoms with Crippen LogP contribution in [0.5, 0.6) is 5.75 Å². The Kier molecular flexibility index (Phi) is 14.9. The minimum absolute atomic E-state index is 0.0446. The zero-order chi connectivity index (χ0) is 39.3. The number of aromatic nitrogens is 1. The lowest BCUT2D eigenvalue weighted by atomic mass is 9.94. The van der Waals surface area contributed by atoms with Crippen LogP contribution in [-0.2, 0) is 16.1 Å². The minimum Gasteiger partial charge on any atom is -0.489 e. The van der Waals surface area contributed by atoms with E-state index in [9.17, 15) is 19.1 Å². The van der Waals surface area contributed by atoms with Gasteiger partial charge in [-0.3, -0.25) is 14.9 Å². The number of ether oxygens (including phenoxy) is 2. The van der Waals surface area contributed by atoms with E-state index in [0.29, 0.717) is 49.2 Å². The van der Waals surface area contributed by atoms with Gasteiger partial charge >= 0.3 is 0 Å². The first kappa shape index (κ1) is 41.0. The van der Waals surface area contributed by atoms with Crippen LogP contribution >= 0.6 is 15.9 Å². The second-order valence-electron chi connectivity index (χ2n) is 13.7. The first-order chi connectivity index (χ1) is 26.5. The van der Waals surface area contributed by atoms with Crippen molar-refractivity contribution in [1.82, 2.24) is 9.88 Å². The van der Waals surface area contributed by atoms with Crippen molar-refractivity contribution in [2.24, 2.45) is 0 Å². The van der Waals surface area contributed by atoms with E-state index in [1.165, 1.54) is 12.1 Å². The summed E-state index contributed by atoms with van der Waals surface area (Å²) < 4.78 is 28.9. The molecule has 2 atom stereocenters. The number of benzene rings is 4. The highest BCUT2D eigenvalue weighted by atomic mass is 79.9. The molecule has 1 aromatic heterocycles. The Morgan fingerprint density at radius 1 is 0.891 bits per heavy atom. The minimum atomic E-state index is -0.883. The van der Waals surface area contributed by atoms with Gasteiger partial charge in [0.15, 0.2) is 5.88 Å². The summed E-state index contributed by atoms with van der Waals surface area (Å²) in [6.45, 7) is 10.7. The number of rotatable bonds is 19. The molecule has 5 aromatic rings. The molecule has 55 heavy (non-hydrogen) atoms. The summed E-state index contributed by atoms with van der Waals surface area (Å²) in [5.41, 5.74) is 5.35. The predicted octanol–water partition coefficient (Wildman–Crippen LogP) is 10.5. The monoisotopic (exact) mass is 809 g/mol. The van der Waals surface area contributed by atoms with E-state index in [1.54, 1.807) is 12.1 Å². The molecule has 4 aromatic carbocycles. The van der Waals surface area contributed by atoms with Crippen molar-refractivity contribution < 1.29 is 28.6 Å². The summed E-state index contributed by atoms with van der Waals surface area (Å²) in [6, 6.07) is 33.0. The number of aliphatic hydroxyl groups is 1. The predicted molar refractivity (Wildman–Crippen MR) is 220 cm³/mol. The van der Waals surface area contributed by atoms with Crippen LogP contribution in [0, 0.1) is 5.82 Å². The number of nitrogens with one attached hydrogen (secondary N) is 2. The van der Waals surface area contributed by atoms with Crippen molar-refractivity contribution >= 4 is 33.4 Å². The van der Waals surface area contributed by atoms with Crippen molar-refractivity contribution in [3.8, 4) is 28.1 Å². The lowest BCUT2D eigenvalue weighted by molar-refractivity contribution is -0.123. The van der Waals surface area contributed by atoms with Crippen LogP contribution in [0.3, 0.4) is 0 Å².